The summed E-state index contributed by atoms with van der Waals surface area (Å²) in [5.74, 6) is -15.5. The van der Waals surface area contributed by atoms with Gasteiger partial charge in [-0.1, -0.05) is 0 Å². The number of epoxide rings is 1. The third-order valence-corrected chi connectivity index (χ3v) is 2.87. The third kappa shape index (κ3) is 3.02. The van der Waals surface area contributed by atoms with Gasteiger partial charge in [-0.05, 0) is 5.16 Å². The highest BCUT2D eigenvalue weighted by molar-refractivity contribution is 5.88. The molecule has 0 saturated carbocycles. The lowest BCUT2D eigenvalue weighted by Gasteiger charge is -2.07. The summed E-state index contributed by atoms with van der Waals surface area (Å²) in [7, 11) is 0. The number of rotatable bonds is 5. The van der Waals surface area contributed by atoms with E-state index in [9.17, 15) is 26.7 Å². The van der Waals surface area contributed by atoms with Gasteiger partial charge in [0.1, 0.15) is 12.7 Å². The maximum Gasteiger partial charge on any atom is 0.382 e. The molecule has 0 spiro atoms. The zero-order chi connectivity index (χ0) is 17.4. The summed E-state index contributed by atoms with van der Waals surface area (Å²) < 4.78 is 84.4. The Morgan fingerprint density at radius 2 is 1.71 bits per heavy atom. The van der Waals surface area contributed by atoms with E-state index in [1.807, 2.05) is 0 Å². The topological polar surface area (TPSA) is 74.1 Å². The Morgan fingerprint density at radius 1 is 1.12 bits per heavy atom. The molecular weight excluding hydrogens is 345 g/mol. The summed E-state index contributed by atoms with van der Waals surface area (Å²) in [4.78, 5) is 11.7. The lowest BCUT2D eigenvalue weighted by molar-refractivity contribution is 0.0672. The van der Waals surface area contributed by atoms with Gasteiger partial charge in [0, 0.05) is 0 Å². The Labute approximate surface area is 129 Å². The average Bonchev–Trinajstić information content (AvgIpc) is 3.29. The second-order valence-corrected chi connectivity index (χ2v) is 4.58. The quantitative estimate of drug-likeness (QED) is 0.206. The predicted molar refractivity (Wildman–Crippen MR) is 62.9 cm³/mol. The molecule has 1 aliphatic heterocycles. The molecule has 2 heterocycles. The number of nitrogens with zero attached hydrogens (tertiary/aromatic N) is 1. The highest BCUT2D eigenvalue weighted by Gasteiger charge is 2.30. The number of carbonyl (C=O) groups excluding carboxylic acids is 1. The van der Waals surface area contributed by atoms with Crippen molar-refractivity contribution in [3.8, 4) is 11.6 Å². The lowest BCUT2D eigenvalue weighted by Crippen LogP contribution is -2.13. The Balaban J connectivity index is 1.77. The second-order valence-electron chi connectivity index (χ2n) is 4.58. The van der Waals surface area contributed by atoms with Crippen molar-refractivity contribution in [3.63, 3.8) is 0 Å². The molecule has 1 saturated heterocycles. The molecule has 1 atom stereocenters. The van der Waals surface area contributed by atoms with Gasteiger partial charge in [-0.2, -0.15) is 8.78 Å². The monoisotopic (exact) mass is 351 g/mol. The van der Waals surface area contributed by atoms with Crippen molar-refractivity contribution < 1.29 is 45.5 Å². The normalized spacial score (nSPS) is 16.1. The minimum atomic E-state index is -2.37. The van der Waals surface area contributed by atoms with E-state index in [2.05, 4.69) is 14.4 Å². The molecule has 0 bridgehead atoms. The molecule has 1 aliphatic rings. The van der Waals surface area contributed by atoms with Crippen molar-refractivity contribution in [1.29, 1.82) is 0 Å². The van der Waals surface area contributed by atoms with Crippen LogP contribution in [-0.4, -0.2) is 30.4 Å². The van der Waals surface area contributed by atoms with Crippen LogP contribution in [0.25, 0.3) is 0 Å². The van der Waals surface area contributed by atoms with Crippen molar-refractivity contribution in [2.45, 2.75) is 6.10 Å². The van der Waals surface area contributed by atoms with Gasteiger partial charge in [0.15, 0.2) is 0 Å². The number of esters is 1. The molecule has 128 valence electrons. The SMILES string of the molecule is O=C(Oc1c(F)c(F)c(F)c(F)c1F)c1cc(OC[C@H]2CO2)no1. The Morgan fingerprint density at radius 3 is 2.29 bits per heavy atom. The first-order chi connectivity index (χ1) is 11.4. The molecule has 3 rings (SSSR count). The predicted octanol–water partition coefficient (Wildman–Crippen LogP) is 2.37. The largest absolute Gasteiger partial charge is 0.473 e. The van der Waals surface area contributed by atoms with Crippen molar-refractivity contribution in [2.24, 2.45) is 0 Å². The first-order valence-corrected chi connectivity index (χ1v) is 6.33. The van der Waals surface area contributed by atoms with E-state index < -0.39 is 46.6 Å². The molecular formula is C13H6F5NO5. The number of halogens is 5. The van der Waals surface area contributed by atoms with Gasteiger partial charge in [0.2, 0.25) is 40.6 Å². The van der Waals surface area contributed by atoms with E-state index in [-0.39, 0.29) is 18.6 Å². The standard InChI is InChI=1S/C13H6F5NO5/c14-7-8(15)10(17)12(11(18)9(7)16)23-13(20)5-1-6(19-24-5)22-3-4-2-21-4/h1,4H,2-3H2/t4-/m1/s1. The molecule has 1 aromatic carbocycles. The van der Waals surface area contributed by atoms with E-state index in [1.165, 1.54) is 0 Å². The second kappa shape index (κ2) is 6.07. The van der Waals surface area contributed by atoms with E-state index in [0.717, 1.165) is 6.07 Å². The molecule has 2 aromatic rings. The summed E-state index contributed by atoms with van der Waals surface area (Å²) >= 11 is 0. The molecule has 6 nitrogen and oxygen atoms in total. The van der Waals surface area contributed by atoms with Crippen LogP contribution in [0.2, 0.25) is 0 Å². The molecule has 1 aromatic heterocycles. The van der Waals surface area contributed by atoms with Crippen LogP contribution >= 0.6 is 0 Å². The first kappa shape index (κ1) is 16.2. The summed E-state index contributed by atoms with van der Waals surface area (Å²) in [6.45, 7) is 0.645. The van der Waals surface area contributed by atoms with Crippen LogP contribution in [0.4, 0.5) is 22.0 Å². The van der Waals surface area contributed by atoms with Crippen molar-refractivity contribution in [1.82, 2.24) is 5.16 Å². The molecule has 0 radical (unpaired) electrons. The van der Waals surface area contributed by atoms with Crippen LogP contribution in [0, 0.1) is 29.1 Å². The van der Waals surface area contributed by atoms with E-state index in [0.29, 0.717) is 6.61 Å². The summed E-state index contributed by atoms with van der Waals surface area (Å²) in [6.07, 6.45) is -0.106. The fourth-order valence-electron chi connectivity index (χ4n) is 1.58. The van der Waals surface area contributed by atoms with E-state index >= 15 is 0 Å². The minimum absolute atomic E-state index is 0.106. The summed E-state index contributed by atoms with van der Waals surface area (Å²) in [5, 5.41) is 3.32. The fourth-order valence-corrected chi connectivity index (χ4v) is 1.58. The molecule has 0 unspecified atom stereocenters. The molecule has 0 amide bonds. The molecule has 0 aliphatic carbocycles. The summed E-state index contributed by atoms with van der Waals surface area (Å²) in [5.41, 5.74) is 0. The average molecular weight is 351 g/mol. The number of carbonyl (C=O) groups is 1. The van der Waals surface area contributed by atoms with Gasteiger partial charge in [-0.25, -0.2) is 18.0 Å². The van der Waals surface area contributed by atoms with E-state index in [1.54, 1.807) is 0 Å². The van der Waals surface area contributed by atoms with Crippen LogP contribution in [-0.2, 0) is 4.74 Å². The Bertz CT molecular complexity index is 775. The van der Waals surface area contributed by atoms with Crippen molar-refractivity contribution in [2.75, 3.05) is 13.2 Å². The number of hydrogen-bond donors (Lipinski definition) is 0. The lowest BCUT2D eigenvalue weighted by atomic mass is 10.2. The highest BCUT2D eigenvalue weighted by atomic mass is 19.2. The van der Waals surface area contributed by atoms with Gasteiger partial charge in [0.25, 0.3) is 5.88 Å². The van der Waals surface area contributed by atoms with Crippen LogP contribution in [0.3, 0.4) is 0 Å². The van der Waals surface area contributed by atoms with Crippen LogP contribution in [0.5, 0.6) is 11.6 Å². The molecule has 24 heavy (non-hydrogen) atoms. The number of hydrogen-bond acceptors (Lipinski definition) is 6. The third-order valence-electron chi connectivity index (χ3n) is 2.87. The van der Waals surface area contributed by atoms with Crippen LogP contribution < -0.4 is 9.47 Å². The van der Waals surface area contributed by atoms with Crippen molar-refractivity contribution >= 4 is 5.97 Å². The van der Waals surface area contributed by atoms with E-state index in [4.69, 9.17) is 9.47 Å². The van der Waals surface area contributed by atoms with Gasteiger partial charge in [0.05, 0.1) is 12.7 Å². The maximum absolute atomic E-state index is 13.4. The van der Waals surface area contributed by atoms with Gasteiger partial charge in [-0.15, -0.1) is 0 Å². The number of benzene rings is 1. The van der Waals surface area contributed by atoms with Crippen molar-refractivity contribution in [3.05, 3.63) is 40.9 Å². The molecule has 11 heteroatoms. The smallest absolute Gasteiger partial charge is 0.382 e. The summed E-state index contributed by atoms with van der Waals surface area (Å²) in [6, 6.07) is 0.927. The maximum atomic E-state index is 13.4. The zero-order valence-electron chi connectivity index (χ0n) is 11.4. The van der Waals surface area contributed by atoms with Gasteiger partial charge < -0.3 is 18.7 Å². The van der Waals surface area contributed by atoms with Gasteiger partial charge in [-0.3, -0.25) is 0 Å². The van der Waals surface area contributed by atoms with Crippen LogP contribution in [0.1, 0.15) is 10.6 Å². The molecule has 1 fully saturated rings. The number of aromatic nitrogens is 1. The van der Waals surface area contributed by atoms with Crippen LogP contribution in [0.15, 0.2) is 10.6 Å². The Kier molecular flexibility index (Phi) is 4.09. The minimum Gasteiger partial charge on any atom is -0.473 e. The first-order valence-electron chi connectivity index (χ1n) is 6.33. The number of ether oxygens (including phenoxy) is 3. The fraction of sp³-hybridized carbons (Fsp3) is 0.231. The zero-order valence-corrected chi connectivity index (χ0v) is 11.4. The highest BCUT2D eigenvalue weighted by Crippen LogP contribution is 2.30. The molecule has 0 N–H and O–H groups in total. The van der Waals surface area contributed by atoms with Gasteiger partial charge >= 0.3 is 5.97 Å². The Hall–Kier alpha value is -2.69.